The van der Waals surface area contributed by atoms with Crippen molar-refractivity contribution in [2.75, 3.05) is 0 Å². The second-order valence-electron chi connectivity index (χ2n) is 4.62. The van der Waals surface area contributed by atoms with E-state index in [1.165, 1.54) is 0 Å². The lowest BCUT2D eigenvalue weighted by molar-refractivity contribution is 0.620. The van der Waals surface area contributed by atoms with Crippen molar-refractivity contribution < 1.29 is 4.42 Å². The largest absolute Gasteiger partial charge is 0.436 e. The van der Waals surface area contributed by atoms with E-state index in [0.29, 0.717) is 21.6 Å². The van der Waals surface area contributed by atoms with E-state index in [0.717, 1.165) is 22.0 Å². The molecule has 0 saturated carbocycles. The van der Waals surface area contributed by atoms with Gasteiger partial charge >= 0.3 is 0 Å². The predicted octanol–water partition coefficient (Wildman–Crippen LogP) is 5.35. The molecule has 0 amide bonds. The first-order chi connectivity index (χ1) is 10.2. The van der Waals surface area contributed by atoms with Crippen LogP contribution in [0.25, 0.3) is 33.5 Å². The second kappa shape index (κ2) is 4.72. The molecule has 0 radical (unpaired) electrons. The van der Waals surface area contributed by atoms with Gasteiger partial charge in [-0.1, -0.05) is 47.5 Å². The van der Waals surface area contributed by atoms with Gasteiger partial charge in [-0.2, -0.15) is 0 Å². The molecule has 0 atom stereocenters. The SMILES string of the molecule is Clc1cc(Cl)c2cccc(-c3nc4ccccc4o3)c2n1. The lowest BCUT2D eigenvalue weighted by atomic mass is 10.1. The summed E-state index contributed by atoms with van der Waals surface area (Å²) in [4.78, 5) is 8.86. The summed E-state index contributed by atoms with van der Waals surface area (Å²) in [5, 5.41) is 1.72. The normalized spacial score (nSPS) is 11.3. The minimum Gasteiger partial charge on any atom is -0.436 e. The summed E-state index contributed by atoms with van der Waals surface area (Å²) >= 11 is 12.2. The predicted molar refractivity (Wildman–Crippen MR) is 84.8 cm³/mol. The number of hydrogen-bond acceptors (Lipinski definition) is 3. The number of hydrogen-bond donors (Lipinski definition) is 0. The third-order valence-electron chi connectivity index (χ3n) is 3.28. The van der Waals surface area contributed by atoms with E-state index in [1.807, 2.05) is 42.5 Å². The average molecular weight is 315 g/mol. The Balaban J connectivity index is 2.05. The molecule has 0 aliphatic rings. The molecular weight excluding hydrogens is 307 g/mol. The minimum absolute atomic E-state index is 0.344. The van der Waals surface area contributed by atoms with E-state index >= 15 is 0 Å². The molecule has 0 spiro atoms. The van der Waals surface area contributed by atoms with Crippen LogP contribution < -0.4 is 0 Å². The highest BCUT2D eigenvalue weighted by Crippen LogP contribution is 2.33. The molecule has 2 heterocycles. The molecule has 0 aliphatic carbocycles. The lowest BCUT2D eigenvalue weighted by Gasteiger charge is -2.04. The van der Waals surface area contributed by atoms with Gasteiger partial charge in [-0.25, -0.2) is 9.97 Å². The third kappa shape index (κ3) is 2.06. The van der Waals surface area contributed by atoms with Gasteiger partial charge in [0.1, 0.15) is 10.7 Å². The van der Waals surface area contributed by atoms with Crippen molar-refractivity contribution in [2.45, 2.75) is 0 Å². The highest BCUT2D eigenvalue weighted by Gasteiger charge is 2.14. The fourth-order valence-corrected chi connectivity index (χ4v) is 2.84. The number of benzene rings is 2. The van der Waals surface area contributed by atoms with Crippen LogP contribution in [0.1, 0.15) is 0 Å². The molecule has 21 heavy (non-hydrogen) atoms. The molecule has 0 N–H and O–H groups in total. The fraction of sp³-hybridized carbons (Fsp3) is 0. The maximum absolute atomic E-state index is 6.22. The lowest BCUT2D eigenvalue weighted by Crippen LogP contribution is -1.86. The molecule has 0 unspecified atom stereocenters. The summed E-state index contributed by atoms with van der Waals surface area (Å²) in [6.45, 7) is 0. The number of para-hydroxylation sites is 3. The Morgan fingerprint density at radius 1 is 0.905 bits per heavy atom. The first-order valence-corrected chi connectivity index (χ1v) is 7.09. The Morgan fingerprint density at radius 3 is 2.62 bits per heavy atom. The van der Waals surface area contributed by atoms with Crippen molar-refractivity contribution in [3.63, 3.8) is 0 Å². The van der Waals surface area contributed by atoms with Gasteiger partial charge in [-0.15, -0.1) is 0 Å². The van der Waals surface area contributed by atoms with Crippen LogP contribution in [0.15, 0.2) is 52.9 Å². The van der Waals surface area contributed by atoms with E-state index < -0.39 is 0 Å². The van der Waals surface area contributed by atoms with Crippen LogP contribution in [-0.4, -0.2) is 9.97 Å². The molecule has 2 aromatic heterocycles. The Labute approximate surface area is 130 Å². The summed E-state index contributed by atoms with van der Waals surface area (Å²) < 4.78 is 5.80. The number of nitrogens with zero attached hydrogens (tertiary/aromatic N) is 2. The third-order valence-corrected chi connectivity index (χ3v) is 3.79. The van der Waals surface area contributed by atoms with Crippen LogP contribution in [0, 0.1) is 0 Å². The van der Waals surface area contributed by atoms with E-state index in [1.54, 1.807) is 6.07 Å². The number of rotatable bonds is 1. The zero-order chi connectivity index (χ0) is 14.4. The monoisotopic (exact) mass is 314 g/mol. The van der Waals surface area contributed by atoms with Crippen LogP contribution in [0.2, 0.25) is 10.2 Å². The highest BCUT2D eigenvalue weighted by atomic mass is 35.5. The Kier molecular flexibility index (Phi) is 2.84. The molecule has 3 nitrogen and oxygen atoms in total. The van der Waals surface area contributed by atoms with Gasteiger partial charge in [0.05, 0.1) is 16.1 Å². The van der Waals surface area contributed by atoms with Crippen LogP contribution in [0.3, 0.4) is 0 Å². The minimum atomic E-state index is 0.344. The van der Waals surface area contributed by atoms with E-state index in [9.17, 15) is 0 Å². The molecule has 0 fully saturated rings. The molecule has 5 heteroatoms. The Hall–Kier alpha value is -2.10. The van der Waals surface area contributed by atoms with Crippen LogP contribution in [-0.2, 0) is 0 Å². The van der Waals surface area contributed by atoms with Crippen molar-refractivity contribution in [3.8, 4) is 11.5 Å². The summed E-state index contributed by atoms with van der Waals surface area (Å²) in [6.07, 6.45) is 0. The van der Waals surface area contributed by atoms with Crippen molar-refractivity contribution >= 4 is 45.2 Å². The Morgan fingerprint density at radius 2 is 1.76 bits per heavy atom. The van der Waals surface area contributed by atoms with E-state index in [-0.39, 0.29) is 0 Å². The number of pyridine rings is 1. The highest BCUT2D eigenvalue weighted by molar-refractivity contribution is 6.38. The van der Waals surface area contributed by atoms with Gasteiger partial charge in [0.15, 0.2) is 5.58 Å². The molecule has 0 bridgehead atoms. The molecule has 0 saturated heterocycles. The first kappa shape index (κ1) is 12.6. The topological polar surface area (TPSA) is 38.9 Å². The quantitative estimate of drug-likeness (QED) is 0.444. The maximum atomic E-state index is 6.22. The van der Waals surface area contributed by atoms with E-state index in [2.05, 4.69) is 9.97 Å². The summed E-state index contributed by atoms with van der Waals surface area (Å²) in [6, 6.07) is 14.9. The van der Waals surface area contributed by atoms with Gasteiger partial charge in [0, 0.05) is 5.39 Å². The summed E-state index contributed by atoms with van der Waals surface area (Å²) in [5.74, 6) is 0.507. The van der Waals surface area contributed by atoms with Crippen molar-refractivity contribution in [2.24, 2.45) is 0 Å². The molecular formula is C16H8Cl2N2O. The molecule has 2 aromatic carbocycles. The summed E-state index contributed by atoms with van der Waals surface area (Å²) in [5.41, 5.74) is 2.99. The van der Waals surface area contributed by atoms with Gasteiger partial charge in [-0.05, 0) is 24.3 Å². The van der Waals surface area contributed by atoms with Crippen LogP contribution in [0.4, 0.5) is 0 Å². The first-order valence-electron chi connectivity index (χ1n) is 6.33. The van der Waals surface area contributed by atoms with E-state index in [4.69, 9.17) is 27.6 Å². The van der Waals surface area contributed by atoms with Crippen molar-refractivity contribution in [1.82, 2.24) is 9.97 Å². The van der Waals surface area contributed by atoms with Crippen molar-refractivity contribution in [3.05, 3.63) is 58.7 Å². The number of halogens is 2. The summed E-state index contributed by atoms with van der Waals surface area (Å²) in [7, 11) is 0. The van der Waals surface area contributed by atoms with Gasteiger partial charge in [0.25, 0.3) is 0 Å². The van der Waals surface area contributed by atoms with Gasteiger partial charge < -0.3 is 4.42 Å². The van der Waals surface area contributed by atoms with Crippen molar-refractivity contribution in [1.29, 1.82) is 0 Å². The van der Waals surface area contributed by atoms with Gasteiger partial charge in [-0.3, -0.25) is 0 Å². The number of aromatic nitrogens is 2. The zero-order valence-electron chi connectivity index (χ0n) is 10.7. The van der Waals surface area contributed by atoms with Crippen LogP contribution in [0.5, 0.6) is 0 Å². The maximum Gasteiger partial charge on any atom is 0.229 e. The standard InChI is InChI=1S/C16H8Cl2N2O/c17-11-8-14(18)20-15-9(11)4-3-5-10(15)16-19-12-6-1-2-7-13(12)21-16/h1-8H. The Bertz CT molecular complexity index is 946. The molecule has 0 aliphatic heterocycles. The molecule has 102 valence electrons. The zero-order valence-corrected chi connectivity index (χ0v) is 12.2. The van der Waals surface area contributed by atoms with Gasteiger partial charge in [0.2, 0.25) is 5.89 Å². The number of fused-ring (bicyclic) bond motifs is 2. The average Bonchev–Trinajstić information content (AvgIpc) is 2.90. The molecule has 4 aromatic rings. The second-order valence-corrected chi connectivity index (χ2v) is 5.41. The molecule has 4 rings (SSSR count). The fourth-order valence-electron chi connectivity index (χ4n) is 2.34. The van der Waals surface area contributed by atoms with Crippen LogP contribution >= 0.6 is 23.2 Å². The smallest absolute Gasteiger partial charge is 0.229 e. The number of oxazole rings is 1.